The molecule has 1 heterocycles. The highest BCUT2D eigenvalue weighted by Crippen LogP contribution is 2.16. The van der Waals surface area contributed by atoms with Crippen LogP contribution in [0.15, 0.2) is 0 Å². The third-order valence-electron chi connectivity index (χ3n) is 2.61. The summed E-state index contributed by atoms with van der Waals surface area (Å²) in [5, 5.41) is 0. The summed E-state index contributed by atoms with van der Waals surface area (Å²) in [6, 6.07) is 0. The maximum atomic E-state index is 5.38. The molecule has 13 heavy (non-hydrogen) atoms. The fourth-order valence-electron chi connectivity index (χ4n) is 1.69. The predicted molar refractivity (Wildman–Crippen MR) is 55.9 cm³/mol. The third kappa shape index (κ3) is 4.10. The van der Waals surface area contributed by atoms with Crippen LogP contribution in [0, 0.1) is 11.8 Å². The second-order valence-corrected chi connectivity index (χ2v) is 4.47. The van der Waals surface area contributed by atoms with Crippen molar-refractivity contribution >= 4 is 0 Å². The molecule has 0 aromatic rings. The zero-order valence-electron chi connectivity index (χ0n) is 9.25. The largest absolute Gasteiger partial charge is 0.381 e. The lowest BCUT2D eigenvalue weighted by Gasteiger charge is -2.39. The fourth-order valence-corrected chi connectivity index (χ4v) is 1.69. The van der Waals surface area contributed by atoms with E-state index in [1.165, 1.54) is 26.1 Å². The molecule has 0 aromatic heterocycles. The van der Waals surface area contributed by atoms with Gasteiger partial charge in [0.15, 0.2) is 0 Å². The molecule has 2 heteroatoms. The Kier molecular flexibility index (Phi) is 4.74. The van der Waals surface area contributed by atoms with Crippen LogP contribution in [0.25, 0.3) is 0 Å². The zero-order chi connectivity index (χ0) is 9.68. The quantitative estimate of drug-likeness (QED) is 0.627. The Labute approximate surface area is 82.3 Å². The number of ether oxygens (including phenoxy) is 1. The summed E-state index contributed by atoms with van der Waals surface area (Å²) in [6.07, 6.45) is 1.33. The third-order valence-corrected chi connectivity index (χ3v) is 2.61. The molecule has 0 saturated carbocycles. The Morgan fingerprint density at radius 2 is 2.08 bits per heavy atom. The van der Waals surface area contributed by atoms with Crippen LogP contribution in [0.3, 0.4) is 0 Å². The molecule has 0 radical (unpaired) electrons. The van der Waals surface area contributed by atoms with Gasteiger partial charge >= 0.3 is 0 Å². The maximum Gasteiger partial charge on any atom is 0.0518 e. The van der Waals surface area contributed by atoms with E-state index in [-0.39, 0.29) is 0 Å². The summed E-state index contributed by atoms with van der Waals surface area (Å²) in [4.78, 5) is 2.53. The van der Waals surface area contributed by atoms with E-state index in [1.807, 2.05) is 0 Å². The number of nitrogens with zero attached hydrogens (tertiary/aromatic N) is 1. The molecule has 0 N–H and O–H groups in total. The van der Waals surface area contributed by atoms with Crippen molar-refractivity contribution in [2.75, 3.05) is 32.8 Å². The molecule has 0 aromatic carbocycles. The molecular weight excluding hydrogens is 162 g/mol. The van der Waals surface area contributed by atoms with Gasteiger partial charge in [0.1, 0.15) is 0 Å². The van der Waals surface area contributed by atoms with E-state index in [0.29, 0.717) is 0 Å². The Morgan fingerprint density at radius 3 is 2.62 bits per heavy atom. The Balaban J connectivity index is 1.92. The molecular formula is C11H23NO. The Morgan fingerprint density at radius 1 is 1.38 bits per heavy atom. The van der Waals surface area contributed by atoms with Crippen LogP contribution in [0.5, 0.6) is 0 Å². The van der Waals surface area contributed by atoms with E-state index in [2.05, 4.69) is 25.7 Å². The van der Waals surface area contributed by atoms with Gasteiger partial charge in [-0.1, -0.05) is 13.8 Å². The maximum absolute atomic E-state index is 5.38. The van der Waals surface area contributed by atoms with Crippen LogP contribution in [0.2, 0.25) is 0 Å². The van der Waals surface area contributed by atoms with Crippen molar-refractivity contribution in [1.82, 2.24) is 4.90 Å². The van der Waals surface area contributed by atoms with Crippen LogP contribution < -0.4 is 0 Å². The molecule has 0 atom stereocenters. The molecule has 2 nitrogen and oxygen atoms in total. The minimum Gasteiger partial charge on any atom is -0.381 e. The van der Waals surface area contributed by atoms with Gasteiger partial charge in [0.2, 0.25) is 0 Å². The van der Waals surface area contributed by atoms with Crippen molar-refractivity contribution in [2.24, 2.45) is 11.8 Å². The molecule has 1 saturated heterocycles. The smallest absolute Gasteiger partial charge is 0.0518 e. The average Bonchev–Trinajstić information content (AvgIpc) is 2.00. The van der Waals surface area contributed by atoms with Crippen LogP contribution in [0.1, 0.15) is 27.2 Å². The van der Waals surface area contributed by atoms with E-state index in [1.54, 1.807) is 0 Å². The van der Waals surface area contributed by atoms with E-state index < -0.39 is 0 Å². The van der Waals surface area contributed by atoms with Gasteiger partial charge in [-0.25, -0.2) is 0 Å². The van der Waals surface area contributed by atoms with Gasteiger partial charge in [-0.3, -0.25) is 0 Å². The lowest BCUT2D eigenvalue weighted by Crippen LogP contribution is -2.49. The van der Waals surface area contributed by atoms with Crippen molar-refractivity contribution in [2.45, 2.75) is 27.2 Å². The first-order chi connectivity index (χ1) is 6.22. The lowest BCUT2D eigenvalue weighted by molar-refractivity contribution is 0.0170. The van der Waals surface area contributed by atoms with Crippen LogP contribution >= 0.6 is 0 Å². The topological polar surface area (TPSA) is 12.5 Å². The fraction of sp³-hybridized carbons (Fsp3) is 1.00. The minimum atomic E-state index is 0.812. The Hall–Kier alpha value is -0.0800. The Bertz CT molecular complexity index is 130. The molecule has 78 valence electrons. The van der Waals surface area contributed by atoms with E-state index in [9.17, 15) is 0 Å². The van der Waals surface area contributed by atoms with Crippen LogP contribution in [-0.4, -0.2) is 37.7 Å². The molecule has 0 spiro atoms. The first-order valence-electron chi connectivity index (χ1n) is 5.52. The standard InChI is InChI=1S/C11H23NO/c1-4-13-9-11-7-12(8-11)6-5-10(2)3/h10-11H,4-9H2,1-3H3. The number of hydrogen-bond acceptors (Lipinski definition) is 2. The normalized spacial score (nSPS) is 19.4. The van der Waals surface area contributed by atoms with E-state index in [4.69, 9.17) is 4.74 Å². The van der Waals surface area contributed by atoms with Crippen LogP contribution in [-0.2, 0) is 4.74 Å². The highest BCUT2D eigenvalue weighted by molar-refractivity contribution is 4.79. The van der Waals surface area contributed by atoms with Gasteiger partial charge in [0.25, 0.3) is 0 Å². The lowest BCUT2D eigenvalue weighted by atomic mass is 10.00. The predicted octanol–water partition coefficient (Wildman–Crippen LogP) is 2.00. The van der Waals surface area contributed by atoms with Gasteiger partial charge in [-0.05, 0) is 25.8 Å². The molecule has 1 rings (SSSR count). The van der Waals surface area contributed by atoms with Crippen molar-refractivity contribution in [3.05, 3.63) is 0 Å². The van der Waals surface area contributed by atoms with E-state index in [0.717, 1.165) is 25.0 Å². The summed E-state index contributed by atoms with van der Waals surface area (Å²) in [5.74, 6) is 1.65. The number of rotatable bonds is 6. The number of hydrogen-bond donors (Lipinski definition) is 0. The average molecular weight is 185 g/mol. The first kappa shape index (κ1) is 11.0. The highest BCUT2D eigenvalue weighted by Gasteiger charge is 2.25. The molecule has 0 bridgehead atoms. The van der Waals surface area contributed by atoms with Gasteiger partial charge in [0.05, 0.1) is 6.61 Å². The summed E-state index contributed by atoms with van der Waals surface area (Å²) >= 11 is 0. The second-order valence-electron chi connectivity index (χ2n) is 4.47. The second kappa shape index (κ2) is 5.61. The highest BCUT2D eigenvalue weighted by atomic mass is 16.5. The van der Waals surface area contributed by atoms with Crippen molar-refractivity contribution in [3.8, 4) is 0 Å². The molecule has 0 aliphatic carbocycles. The van der Waals surface area contributed by atoms with Crippen molar-refractivity contribution in [3.63, 3.8) is 0 Å². The van der Waals surface area contributed by atoms with Crippen molar-refractivity contribution < 1.29 is 4.74 Å². The number of likely N-dealkylation sites (tertiary alicyclic amines) is 1. The van der Waals surface area contributed by atoms with Gasteiger partial charge in [-0.2, -0.15) is 0 Å². The summed E-state index contributed by atoms with van der Waals surface area (Å²) < 4.78 is 5.38. The van der Waals surface area contributed by atoms with E-state index >= 15 is 0 Å². The van der Waals surface area contributed by atoms with Gasteiger partial charge in [-0.15, -0.1) is 0 Å². The molecule has 1 aliphatic heterocycles. The molecule has 1 aliphatic rings. The zero-order valence-corrected chi connectivity index (χ0v) is 9.25. The van der Waals surface area contributed by atoms with Crippen molar-refractivity contribution in [1.29, 1.82) is 0 Å². The summed E-state index contributed by atoms with van der Waals surface area (Å²) in [6.45, 7) is 12.3. The minimum absolute atomic E-state index is 0.812. The monoisotopic (exact) mass is 185 g/mol. The first-order valence-corrected chi connectivity index (χ1v) is 5.52. The van der Waals surface area contributed by atoms with Gasteiger partial charge < -0.3 is 9.64 Å². The molecule has 0 unspecified atom stereocenters. The molecule has 1 fully saturated rings. The molecule has 0 amide bonds. The summed E-state index contributed by atoms with van der Waals surface area (Å²) in [5.41, 5.74) is 0. The summed E-state index contributed by atoms with van der Waals surface area (Å²) in [7, 11) is 0. The SMILES string of the molecule is CCOCC1CN(CCC(C)C)C1. The van der Waals surface area contributed by atoms with Gasteiger partial charge in [0, 0.05) is 25.6 Å². The van der Waals surface area contributed by atoms with Crippen LogP contribution in [0.4, 0.5) is 0 Å².